The lowest BCUT2D eigenvalue weighted by molar-refractivity contribution is -0.131. The second-order valence-corrected chi connectivity index (χ2v) is 11.9. The minimum Gasteiger partial charge on any atom is -0.460 e. The molecule has 0 N–H and O–H groups in total. The maximum atomic E-state index is 15.1. The summed E-state index contributed by atoms with van der Waals surface area (Å²) < 4.78 is 62.3. The molecule has 0 spiro atoms. The van der Waals surface area contributed by atoms with E-state index in [1.54, 1.807) is 47.6 Å². The van der Waals surface area contributed by atoms with Crippen molar-refractivity contribution < 1.29 is 31.6 Å². The third-order valence-electron chi connectivity index (χ3n) is 8.80. The first-order valence-corrected chi connectivity index (χ1v) is 15.1. The zero-order chi connectivity index (χ0) is 32.0. The van der Waals surface area contributed by atoms with E-state index >= 15 is 4.39 Å². The standard InChI is InChI=1S/C36H29F4N3O3/c37-28-5-7-30(32(38)18-28)31-17-25(22-1-3-23(4-2-22)35(45)42-13-10-36(39,40)11-14-42)15-26-16-29(46-34(26)31)6-8-33(44)43-20-24-9-12-41-19-27(24)21-43/h1-5,7,9,12,15-19H,6,8,10-11,13-14,20-21H2. The van der Waals surface area contributed by atoms with E-state index in [4.69, 9.17) is 4.42 Å². The highest BCUT2D eigenvalue weighted by atomic mass is 19.3. The number of aromatic nitrogens is 1. The number of carbonyl (C=O) groups excluding carboxylic acids is 2. The van der Waals surface area contributed by atoms with E-state index < -0.39 is 17.6 Å². The maximum absolute atomic E-state index is 15.1. The number of aryl methyl sites for hydroxylation is 1. The Labute approximate surface area is 262 Å². The monoisotopic (exact) mass is 627 g/mol. The number of rotatable bonds is 6. The number of furan rings is 1. The summed E-state index contributed by atoms with van der Waals surface area (Å²) in [7, 11) is 0. The van der Waals surface area contributed by atoms with Crippen molar-refractivity contribution in [1.29, 1.82) is 0 Å². The first-order valence-electron chi connectivity index (χ1n) is 15.1. The Morgan fingerprint density at radius 2 is 1.59 bits per heavy atom. The van der Waals surface area contributed by atoms with Crippen molar-refractivity contribution in [2.24, 2.45) is 0 Å². The van der Waals surface area contributed by atoms with Crippen LogP contribution in [0.15, 0.2) is 83.5 Å². The number of piperidine rings is 1. The van der Waals surface area contributed by atoms with Crippen molar-refractivity contribution in [1.82, 2.24) is 14.8 Å². The molecule has 1 saturated heterocycles. The van der Waals surface area contributed by atoms with Crippen molar-refractivity contribution in [3.05, 3.63) is 113 Å². The van der Waals surface area contributed by atoms with Crippen molar-refractivity contribution in [2.75, 3.05) is 13.1 Å². The molecule has 1 fully saturated rings. The average Bonchev–Trinajstić information content (AvgIpc) is 3.67. The fourth-order valence-electron chi connectivity index (χ4n) is 6.21. The summed E-state index contributed by atoms with van der Waals surface area (Å²) >= 11 is 0. The van der Waals surface area contributed by atoms with Crippen LogP contribution in [0.5, 0.6) is 0 Å². The molecule has 46 heavy (non-hydrogen) atoms. The largest absolute Gasteiger partial charge is 0.460 e. The number of amides is 2. The predicted octanol–water partition coefficient (Wildman–Crippen LogP) is 7.79. The van der Waals surface area contributed by atoms with E-state index in [-0.39, 0.29) is 49.7 Å². The van der Waals surface area contributed by atoms with Gasteiger partial charge in [-0.15, -0.1) is 0 Å². The van der Waals surface area contributed by atoms with E-state index in [2.05, 4.69) is 4.98 Å². The third kappa shape index (κ3) is 5.87. The van der Waals surface area contributed by atoms with Crippen LogP contribution in [-0.2, 0) is 24.3 Å². The molecule has 0 bridgehead atoms. The topological polar surface area (TPSA) is 66.7 Å². The normalized spacial score (nSPS) is 15.7. The third-order valence-corrected chi connectivity index (χ3v) is 8.80. The van der Waals surface area contributed by atoms with Gasteiger partial charge in [-0.25, -0.2) is 17.6 Å². The Morgan fingerprint density at radius 3 is 2.33 bits per heavy atom. The number of carbonyl (C=O) groups is 2. The molecule has 2 amide bonds. The molecule has 6 nitrogen and oxygen atoms in total. The molecule has 3 aromatic carbocycles. The number of benzene rings is 3. The summed E-state index contributed by atoms with van der Waals surface area (Å²) in [4.78, 5) is 33.3. The van der Waals surface area contributed by atoms with Gasteiger partial charge in [-0.1, -0.05) is 12.1 Å². The zero-order valence-electron chi connectivity index (χ0n) is 24.7. The number of halogens is 4. The summed E-state index contributed by atoms with van der Waals surface area (Å²) in [5.74, 6) is -3.98. The van der Waals surface area contributed by atoms with E-state index in [0.29, 0.717) is 52.9 Å². The first-order chi connectivity index (χ1) is 22.1. The lowest BCUT2D eigenvalue weighted by Crippen LogP contribution is -2.42. The minimum absolute atomic E-state index is 0.00553. The first kappa shape index (κ1) is 29.7. The molecule has 7 rings (SSSR count). The highest BCUT2D eigenvalue weighted by Gasteiger charge is 2.35. The van der Waals surface area contributed by atoms with Gasteiger partial charge < -0.3 is 14.2 Å². The van der Waals surface area contributed by atoms with Crippen LogP contribution in [-0.4, -0.2) is 45.6 Å². The molecule has 2 aliphatic rings. The van der Waals surface area contributed by atoms with Crippen LogP contribution in [0.2, 0.25) is 0 Å². The van der Waals surface area contributed by atoms with Crippen LogP contribution < -0.4 is 0 Å². The number of hydrogen-bond donors (Lipinski definition) is 0. The zero-order valence-corrected chi connectivity index (χ0v) is 24.7. The number of fused-ring (bicyclic) bond motifs is 2. The molecule has 2 aromatic heterocycles. The molecule has 0 radical (unpaired) electrons. The van der Waals surface area contributed by atoms with Crippen molar-refractivity contribution in [2.45, 2.75) is 44.7 Å². The molecule has 5 aromatic rings. The van der Waals surface area contributed by atoms with Crippen LogP contribution in [0.3, 0.4) is 0 Å². The Kier molecular flexibility index (Phi) is 7.58. The fourth-order valence-corrected chi connectivity index (χ4v) is 6.21. The second-order valence-electron chi connectivity index (χ2n) is 11.9. The van der Waals surface area contributed by atoms with Crippen molar-refractivity contribution in [3.63, 3.8) is 0 Å². The van der Waals surface area contributed by atoms with Crippen LogP contribution >= 0.6 is 0 Å². The van der Waals surface area contributed by atoms with Crippen LogP contribution in [0.25, 0.3) is 33.2 Å². The van der Waals surface area contributed by atoms with Gasteiger partial charge in [0.25, 0.3) is 11.8 Å². The Hall–Kier alpha value is -4.99. The molecule has 0 unspecified atom stereocenters. The number of hydrogen-bond acceptors (Lipinski definition) is 4. The highest BCUT2D eigenvalue weighted by Crippen LogP contribution is 2.38. The van der Waals surface area contributed by atoms with E-state index in [9.17, 15) is 22.8 Å². The number of pyridine rings is 1. The van der Waals surface area contributed by atoms with E-state index in [0.717, 1.165) is 22.8 Å². The maximum Gasteiger partial charge on any atom is 0.253 e. The Morgan fingerprint density at radius 1 is 0.826 bits per heavy atom. The van der Waals surface area contributed by atoms with Gasteiger partial charge in [-0.05, 0) is 70.8 Å². The molecule has 234 valence electrons. The second kappa shape index (κ2) is 11.7. The predicted molar refractivity (Wildman–Crippen MR) is 164 cm³/mol. The SMILES string of the molecule is O=C(CCc1cc2cc(-c3ccc(C(=O)N4CCC(F)(F)CC4)cc3)cc(-c3ccc(F)cc3F)c2o1)N1Cc2ccncc2C1. The summed E-state index contributed by atoms with van der Waals surface area (Å²) in [6, 6.07) is 17.5. The van der Waals surface area contributed by atoms with Crippen LogP contribution in [0.4, 0.5) is 17.6 Å². The van der Waals surface area contributed by atoms with Crippen LogP contribution in [0.1, 0.15) is 46.5 Å². The van der Waals surface area contributed by atoms with Gasteiger partial charge in [0.05, 0.1) is 0 Å². The average molecular weight is 628 g/mol. The van der Waals surface area contributed by atoms with Gasteiger partial charge in [-0.3, -0.25) is 14.6 Å². The minimum atomic E-state index is -2.75. The lowest BCUT2D eigenvalue weighted by Gasteiger charge is -2.31. The fraction of sp³-hybridized carbons (Fsp3) is 0.250. The summed E-state index contributed by atoms with van der Waals surface area (Å²) in [6.07, 6.45) is 3.33. The number of nitrogens with zero attached hydrogens (tertiary/aromatic N) is 3. The van der Waals surface area contributed by atoms with Crippen LogP contribution in [0, 0.1) is 11.6 Å². The highest BCUT2D eigenvalue weighted by molar-refractivity contribution is 5.98. The lowest BCUT2D eigenvalue weighted by atomic mass is 9.95. The molecule has 2 aliphatic heterocycles. The molecule has 10 heteroatoms. The van der Waals surface area contributed by atoms with Crippen molar-refractivity contribution >= 4 is 22.8 Å². The Bertz CT molecular complexity index is 1940. The smallest absolute Gasteiger partial charge is 0.253 e. The Balaban J connectivity index is 1.16. The van der Waals surface area contributed by atoms with Gasteiger partial charge in [0.1, 0.15) is 23.0 Å². The molecule has 0 atom stereocenters. The summed E-state index contributed by atoms with van der Waals surface area (Å²) in [5.41, 5.74) is 4.91. The quantitative estimate of drug-likeness (QED) is 0.180. The van der Waals surface area contributed by atoms with E-state index in [1.807, 2.05) is 18.2 Å². The van der Waals surface area contributed by atoms with Gasteiger partial charge in [-0.2, -0.15) is 0 Å². The van der Waals surface area contributed by atoms with Gasteiger partial charge in [0, 0.05) is 92.4 Å². The molecular weight excluding hydrogens is 598 g/mol. The van der Waals surface area contributed by atoms with Gasteiger partial charge in [0.2, 0.25) is 5.91 Å². The van der Waals surface area contributed by atoms with Gasteiger partial charge in [0.15, 0.2) is 0 Å². The summed E-state index contributed by atoms with van der Waals surface area (Å²) in [5, 5.41) is 0.674. The molecular formula is C36H29F4N3O3. The molecule has 0 saturated carbocycles. The molecule has 0 aliphatic carbocycles. The molecule has 4 heterocycles. The summed E-state index contributed by atoms with van der Waals surface area (Å²) in [6.45, 7) is 1.03. The van der Waals surface area contributed by atoms with E-state index in [1.165, 1.54) is 17.0 Å². The number of likely N-dealkylation sites (tertiary alicyclic amines) is 1. The van der Waals surface area contributed by atoms with Crippen molar-refractivity contribution in [3.8, 4) is 22.3 Å². The van der Waals surface area contributed by atoms with Gasteiger partial charge >= 0.3 is 0 Å². The number of alkyl halides is 2.